The second-order valence-electron chi connectivity index (χ2n) is 5.82. The molecule has 0 aliphatic rings. The highest BCUT2D eigenvalue weighted by Crippen LogP contribution is 2.26. The SMILES string of the molecule is Cc1csc2nc(CN[C@H](c3ccccc3)c3cccs3)cc(=O)n12. The van der Waals surface area contributed by atoms with Gasteiger partial charge in [-0.25, -0.2) is 4.98 Å². The summed E-state index contributed by atoms with van der Waals surface area (Å²) in [5, 5.41) is 7.60. The molecular weight excluding hydrogens is 350 g/mol. The summed E-state index contributed by atoms with van der Waals surface area (Å²) in [5.74, 6) is 0. The molecule has 25 heavy (non-hydrogen) atoms. The Kier molecular flexibility index (Phi) is 4.48. The first kappa shape index (κ1) is 16.2. The summed E-state index contributed by atoms with van der Waals surface area (Å²) >= 11 is 3.22. The molecule has 0 saturated heterocycles. The quantitative estimate of drug-likeness (QED) is 0.580. The molecule has 1 aromatic carbocycles. The van der Waals surface area contributed by atoms with Gasteiger partial charge in [0, 0.05) is 28.6 Å². The average Bonchev–Trinajstić information content (AvgIpc) is 3.27. The molecule has 3 aromatic heterocycles. The average molecular weight is 367 g/mol. The summed E-state index contributed by atoms with van der Waals surface area (Å²) in [7, 11) is 0. The lowest BCUT2D eigenvalue weighted by atomic mass is 10.1. The molecule has 126 valence electrons. The molecule has 0 unspecified atom stereocenters. The number of benzene rings is 1. The minimum Gasteiger partial charge on any atom is -0.300 e. The molecule has 0 saturated carbocycles. The first-order chi connectivity index (χ1) is 12.2. The number of nitrogens with zero attached hydrogens (tertiary/aromatic N) is 2. The normalized spacial score (nSPS) is 12.5. The van der Waals surface area contributed by atoms with Gasteiger partial charge < -0.3 is 0 Å². The number of aromatic nitrogens is 2. The number of hydrogen-bond donors (Lipinski definition) is 1. The zero-order valence-corrected chi connectivity index (χ0v) is 15.3. The Morgan fingerprint density at radius 3 is 2.76 bits per heavy atom. The molecule has 0 bridgehead atoms. The van der Waals surface area contributed by atoms with Crippen LogP contribution in [0, 0.1) is 6.92 Å². The summed E-state index contributed by atoms with van der Waals surface area (Å²) in [4.78, 5) is 18.9. The number of hydrogen-bond acceptors (Lipinski definition) is 5. The lowest BCUT2D eigenvalue weighted by Gasteiger charge is -2.18. The van der Waals surface area contributed by atoms with E-state index in [9.17, 15) is 4.79 Å². The van der Waals surface area contributed by atoms with Crippen LogP contribution in [0.2, 0.25) is 0 Å². The van der Waals surface area contributed by atoms with E-state index in [0.29, 0.717) is 6.54 Å². The van der Waals surface area contributed by atoms with Crippen molar-refractivity contribution in [3.63, 3.8) is 0 Å². The molecule has 3 heterocycles. The zero-order chi connectivity index (χ0) is 17.2. The van der Waals surface area contributed by atoms with Crippen molar-refractivity contribution in [1.82, 2.24) is 14.7 Å². The Morgan fingerprint density at radius 2 is 2.00 bits per heavy atom. The van der Waals surface area contributed by atoms with Gasteiger partial charge in [-0.15, -0.1) is 22.7 Å². The number of fused-ring (bicyclic) bond motifs is 1. The van der Waals surface area contributed by atoms with Crippen LogP contribution < -0.4 is 10.9 Å². The third-order valence-corrected chi connectivity index (χ3v) is 5.96. The van der Waals surface area contributed by atoms with Crippen LogP contribution in [0.4, 0.5) is 0 Å². The van der Waals surface area contributed by atoms with Crippen molar-refractivity contribution in [2.75, 3.05) is 0 Å². The highest BCUT2D eigenvalue weighted by Gasteiger charge is 2.15. The molecule has 1 N–H and O–H groups in total. The molecule has 0 aliphatic carbocycles. The Bertz CT molecular complexity index is 1040. The molecule has 0 amide bonds. The summed E-state index contributed by atoms with van der Waals surface area (Å²) in [5.41, 5.74) is 2.88. The van der Waals surface area contributed by atoms with Crippen molar-refractivity contribution in [1.29, 1.82) is 0 Å². The predicted octanol–water partition coefficient (Wildman–Crippen LogP) is 4.01. The minimum atomic E-state index is -0.0204. The standard InChI is InChI=1S/C19H17N3OS2/c1-13-12-25-19-21-15(10-17(23)22(13)19)11-20-18(16-8-5-9-24-16)14-6-3-2-4-7-14/h2-10,12,18,20H,11H2,1H3/t18-/m1/s1. The summed E-state index contributed by atoms with van der Waals surface area (Å²) in [6, 6.07) is 16.2. The fourth-order valence-corrected chi connectivity index (χ4v) is 4.60. The first-order valence-electron chi connectivity index (χ1n) is 8.01. The van der Waals surface area contributed by atoms with Gasteiger partial charge in [-0.3, -0.25) is 14.5 Å². The molecule has 6 heteroatoms. The fourth-order valence-electron chi connectivity index (χ4n) is 2.88. The number of rotatable bonds is 5. The van der Waals surface area contributed by atoms with Crippen molar-refractivity contribution < 1.29 is 0 Å². The van der Waals surface area contributed by atoms with Crippen molar-refractivity contribution in [2.24, 2.45) is 0 Å². The van der Waals surface area contributed by atoms with Crippen LogP contribution >= 0.6 is 22.7 Å². The largest absolute Gasteiger partial charge is 0.300 e. The maximum atomic E-state index is 12.3. The van der Waals surface area contributed by atoms with Crippen LogP contribution in [0.15, 0.2) is 64.1 Å². The molecule has 0 aliphatic heterocycles. The maximum absolute atomic E-state index is 12.3. The van der Waals surface area contributed by atoms with Gasteiger partial charge >= 0.3 is 0 Å². The smallest absolute Gasteiger partial charge is 0.259 e. The fraction of sp³-hybridized carbons (Fsp3) is 0.158. The van der Waals surface area contributed by atoms with E-state index in [2.05, 4.69) is 39.9 Å². The van der Waals surface area contributed by atoms with Gasteiger partial charge in [-0.1, -0.05) is 36.4 Å². The zero-order valence-electron chi connectivity index (χ0n) is 13.7. The van der Waals surface area contributed by atoms with E-state index in [0.717, 1.165) is 16.3 Å². The number of thiophene rings is 1. The molecular formula is C19H17N3OS2. The summed E-state index contributed by atoms with van der Waals surface area (Å²) in [6.45, 7) is 2.47. The van der Waals surface area contributed by atoms with Crippen LogP contribution in [0.1, 0.15) is 27.9 Å². The van der Waals surface area contributed by atoms with Crippen molar-refractivity contribution in [3.8, 4) is 0 Å². The van der Waals surface area contributed by atoms with Crippen LogP contribution in [0.3, 0.4) is 0 Å². The van der Waals surface area contributed by atoms with E-state index in [1.807, 2.05) is 30.5 Å². The Hall–Kier alpha value is -2.28. The number of thiazole rings is 1. The van der Waals surface area contributed by atoms with Crippen LogP contribution in [0.5, 0.6) is 0 Å². The van der Waals surface area contributed by atoms with Crippen molar-refractivity contribution in [2.45, 2.75) is 19.5 Å². The van der Waals surface area contributed by atoms with Crippen molar-refractivity contribution in [3.05, 3.63) is 91.5 Å². The summed E-state index contributed by atoms with van der Waals surface area (Å²) in [6.07, 6.45) is 0. The Labute approximate surface area is 153 Å². The van der Waals surface area contributed by atoms with E-state index in [1.54, 1.807) is 21.8 Å². The highest BCUT2D eigenvalue weighted by molar-refractivity contribution is 7.15. The Balaban J connectivity index is 1.63. The van der Waals surface area contributed by atoms with E-state index in [4.69, 9.17) is 0 Å². The lowest BCUT2D eigenvalue weighted by Crippen LogP contribution is -2.24. The third kappa shape index (κ3) is 3.28. The van der Waals surface area contributed by atoms with Gasteiger partial charge in [0.2, 0.25) is 0 Å². The molecule has 4 rings (SSSR count). The summed E-state index contributed by atoms with van der Waals surface area (Å²) < 4.78 is 1.65. The number of nitrogens with one attached hydrogen (secondary N) is 1. The Morgan fingerprint density at radius 1 is 1.16 bits per heavy atom. The molecule has 0 radical (unpaired) electrons. The maximum Gasteiger partial charge on any atom is 0.259 e. The van der Waals surface area contributed by atoms with Crippen LogP contribution in [-0.4, -0.2) is 9.38 Å². The van der Waals surface area contributed by atoms with Gasteiger partial charge in [-0.05, 0) is 23.9 Å². The lowest BCUT2D eigenvalue weighted by molar-refractivity contribution is 0.604. The van der Waals surface area contributed by atoms with Gasteiger partial charge in [0.25, 0.3) is 5.56 Å². The first-order valence-corrected chi connectivity index (χ1v) is 9.77. The highest BCUT2D eigenvalue weighted by atomic mass is 32.1. The van der Waals surface area contributed by atoms with Gasteiger partial charge in [0.1, 0.15) is 0 Å². The molecule has 4 aromatic rings. The third-order valence-electron chi connectivity index (χ3n) is 4.08. The molecule has 0 spiro atoms. The monoisotopic (exact) mass is 367 g/mol. The van der Waals surface area contributed by atoms with Crippen LogP contribution in [0.25, 0.3) is 4.96 Å². The van der Waals surface area contributed by atoms with Gasteiger partial charge in [0.15, 0.2) is 4.96 Å². The van der Waals surface area contributed by atoms with E-state index in [1.165, 1.54) is 21.8 Å². The second-order valence-corrected chi connectivity index (χ2v) is 7.64. The topological polar surface area (TPSA) is 46.4 Å². The number of aryl methyl sites for hydroxylation is 1. The van der Waals surface area contributed by atoms with E-state index >= 15 is 0 Å². The van der Waals surface area contributed by atoms with Gasteiger partial charge in [-0.2, -0.15) is 0 Å². The molecule has 0 fully saturated rings. The molecule has 1 atom stereocenters. The molecule has 4 nitrogen and oxygen atoms in total. The van der Waals surface area contributed by atoms with E-state index < -0.39 is 0 Å². The van der Waals surface area contributed by atoms with Crippen LogP contribution in [-0.2, 0) is 6.54 Å². The van der Waals surface area contributed by atoms with E-state index in [-0.39, 0.29) is 11.6 Å². The van der Waals surface area contributed by atoms with Gasteiger partial charge in [0.05, 0.1) is 11.7 Å². The minimum absolute atomic E-state index is 0.0204. The van der Waals surface area contributed by atoms with Crippen molar-refractivity contribution >= 4 is 27.6 Å². The second kappa shape index (κ2) is 6.92. The predicted molar refractivity (Wildman–Crippen MR) is 104 cm³/mol.